The van der Waals surface area contributed by atoms with Gasteiger partial charge in [-0.3, -0.25) is 10.1 Å². The number of rotatable bonds is 6. The average molecular weight is 452 g/mol. The fourth-order valence-electron chi connectivity index (χ4n) is 3.54. The number of urea groups is 1. The van der Waals surface area contributed by atoms with E-state index in [1.165, 1.54) is 0 Å². The minimum absolute atomic E-state index is 0.0551. The van der Waals surface area contributed by atoms with Crippen LogP contribution >= 0.6 is 0 Å². The van der Waals surface area contributed by atoms with Crippen molar-refractivity contribution < 1.29 is 19.1 Å². The third kappa shape index (κ3) is 5.82. The van der Waals surface area contributed by atoms with Gasteiger partial charge in [-0.05, 0) is 49.4 Å². The maximum Gasteiger partial charge on any atom is 0.407 e. The Hall–Kier alpha value is -4.01. The standard InChI is InChI=1S/C24H29N5O4/c1-13(12-27-23(32)33-24(2,3)4)14-6-5-7-15(10-14)16-8-9-17-18(11-16)28-21(29-22(26)31)19(17)20(25)30/h5-11,13,28H,12H2,1-4H3,(H2,25,30)(H,27,32)(H3,26,29,31). The number of primary amides is 2. The number of carbonyl (C=O) groups excluding carboxylic acids is 3. The van der Waals surface area contributed by atoms with Crippen LogP contribution in [0.3, 0.4) is 0 Å². The van der Waals surface area contributed by atoms with E-state index in [1.54, 1.807) is 6.07 Å². The van der Waals surface area contributed by atoms with Gasteiger partial charge in [-0.2, -0.15) is 0 Å². The molecular formula is C24H29N5O4. The van der Waals surface area contributed by atoms with Gasteiger partial charge in [0.2, 0.25) is 0 Å². The monoisotopic (exact) mass is 451 g/mol. The fraction of sp³-hybridized carbons (Fsp3) is 0.292. The number of fused-ring (bicyclic) bond motifs is 1. The Bertz CT molecular complexity index is 1210. The summed E-state index contributed by atoms with van der Waals surface area (Å²) >= 11 is 0. The Morgan fingerprint density at radius 3 is 2.39 bits per heavy atom. The third-order valence-corrected chi connectivity index (χ3v) is 5.03. The van der Waals surface area contributed by atoms with Crippen LogP contribution in [0.5, 0.6) is 0 Å². The number of aromatic nitrogens is 1. The normalized spacial score (nSPS) is 12.2. The molecule has 0 aliphatic rings. The Balaban J connectivity index is 1.84. The van der Waals surface area contributed by atoms with Gasteiger partial charge in [0.25, 0.3) is 5.91 Å². The van der Waals surface area contributed by atoms with Gasteiger partial charge < -0.3 is 26.5 Å². The lowest BCUT2D eigenvalue weighted by molar-refractivity contribution is 0.0525. The van der Waals surface area contributed by atoms with Gasteiger partial charge in [0.15, 0.2) is 0 Å². The number of H-pyrrole nitrogens is 1. The highest BCUT2D eigenvalue weighted by Crippen LogP contribution is 2.31. The molecule has 9 heteroatoms. The van der Waals surface area contributed by atoms with Crippen molar-refractivity contribution in [3.8, 4) is 11.1 Å². The van der Waals surface area contributed by atoms with Crippen LogP contribution < -0.4 is 22.1 Å². The molecule has 0 fully saturated rings. The first kappa shape index (κ1) is 23.6. The van der Waals surface area contributed by atoms with E-state index in [0.29, 0.717) is 17.4 Å². The number of aromatic amines is 1. The molecule has 0 aliphatic heterocycles. The molecule has 0 saturated heterocycles. The van der Waals surface area contributed by atoms with Crippen LogP contribution in [-0.2, 0) is 4.74 Å². The van der Waals surface area contributed by atoms with E-state index >= 15 is 0 Å². The maximum atomic E-state index is 11.9. The highest BCUT2D eigenvalue weighted by atomic mass is 16.6. The second-order valence-electron chi connectivity index (χ2n) is 8.90. The SMILES string of the molecule is CC(CNC(=O)OC(C)(C)C)c1cccc(-c2ccc3c(C(N)=O)c(NC(N)=O)[nH]c3c2)c1. The number of hydrogen-bond acceptors (Lipinski definition) is 4. The van der Waals surface area contributed by atoms with E-state index in [9.17, 15) is 14.4 Å². The van der Waals surface area contributed by atoms with Crippen LogP contribution in [0, 0.1) is 0 Å². The lowest BCUT2D eigenvalue weighted by atomic mass is 9.95. The maximum absolute atomic E-state index is 11.9. The summed E-state index contributed by atoms with van der Waals surface area (Å²) < 4.78 is 5.29. The number of carbonyl (C=O) groups is 3. The summed E-state index contributed by atoms with van der Waals surface area (Å²) in [6, 6.07) is 12.7. The van der Waals surface area contributed by atoms with Gasteiger partial charge in [0.1, 0.15) is 11.4 Å². The predicted molar refractivity (Wildman–Crippen MR) is 128 cm³/mol. The first-order chi connectivity index (χ1) is 15.4. The minimum Gasteiger partial charge on any atom is -0.444 e. The molecule has 0 spiro atoms. The Morgan fingerprint density at radius 1 is 1.06 bits per heavy atom. The van der Waals surface area contributed by atoms with E-state index in [-0.39, 0.29) is 17.3 Å². The lowest BCUT2D eigenvalue weighted by Gasteiger charge is -2.21. The van der Waals surface area contributed by atoms with Crippen LogP contribution in [0.15, 0.2) is 42.5 Å². The molecule has 3 aromatic rings. The smallest absolute Gasteiger partial charge is 0.407 e. The van der Waals surface area contributed by atoms with Crippen LogP contribution in [0.25, 0.3) is 22.0 Å². The van der Waals surface area contributed by atoms with E-state index in [0.717, 1.165) is 16.7 Å². The number of ether oxygens (including phenoxy) is 1. The Labute approximate surface area is 191 Å². The molecule has 0 radical (unpaired) electrons. The van der Waals surface area contributed by atoms with Gasteiger partial charge in [0.05, 0.1) is 5.56 Å². The van der Waals surface area contributed by atoms with Crippen LogP contribution in [0.4, 0.5) is 15.4 Å². The summed E-state index contributed by atoms with van der Waals surface area (Å²) in [7, 11) is 0. The Kier molecular flexibility index (Phi) is 6.62. The van der Waals surface area contributed by atoms with Gasteiger partial charge in [-0.1, -0.05) is 43.3 Å². The van der Waals surface area contributed by atoms with Crippen molar-refractivity contribution in [1.82, 2.24) is 10.3 Å². The highest BCUT2D eigenvalue weighted by Gasteiger charge is 2.19. The molecule has 174 valence electrons. The van der Waals surface area contributed by atoms with Crippen molar-refractivity contribution in [3.63, 3.8) is 0 Å². The summed E-state index contributed by atoms with van der Waals surface area (Å²) in [5, 5.41) is 5.79. The number of alkyl carbamates (subject to hydrolysis) is 1. The van der Waals surface area contributed by atoms with Gasteiger partial charge in [0, 0.05) is 17.4 Å². The number of anilines is 1. The second kappa shape index (κ2) is 9.23. The van der Waals surface area contributed by atoms with E-state index in [4.69, 9.17) is 16.2 Å². The molecule has 9 nitrogen and oxygen atoms in total. The predicted octanol–water partition coefficient (Wildman–Crippen LogP) is 4.05. The summed E-state index contributed by atoms with van der Waals surface area (Å²) in [6.45, 7) is 7.91. The van der Waals surface area contributed by atoms with Gasteiger partial charge >= 0.3 is 12.1 Å². The molecule has 0 bridgehead atoms. The zero-order valence-electron chi connectivity index (χ0n) is 19.1. The summed E-state index contributed by atoms with van der Waals surface area (Å²) in [5.41, 5.74) is 13.9. The molecule has 1 unspecified atom stereocenters. The van der Waals surface area contributed by atoms with Crippen molar-refractivity contribution in [1.29, 1.82) is 0 Å². The summed E-state index contributed by atoms with van der Waals surface area (Å²) in [6.07, 6.45) is -0.451. The molecule has 33 heavy (non-hydrogen) atoms. The van der Waals surface area contributed by atoms with Crippen LogP contribution in [-0.4, -0.2) is 35.2 Å². The van der Waals surface area contributed by atoms with Crippen LogP contribution in [0.2, 0.25) is 0 Å². The molecule has 4 amide bonds. The number of hydrogen-bond donors (Lipinski definition) is 5. The van der Waals surface area contributed by atoms with Crippen LogP contribution in [0.1, 0.15) is 49.5 Å². The first-order valence-electron chi connectivity index (χ1n) is 10.5. The molecule has 1 heterocycles. The Morgan fingerprint density at radius 2 is 1.76 bits per heavy atom. The van der Waals surface area contributed by atoms with Crippen molar-refractivity contribution in [2.24, 2.45) is 11.5 Å². The fourth-order valence-corrected chi connectivity index (χ4v) is 3.54. The molecule has 0 aliphatic carbocycles. The molecule has 0 saturated carbocycles. The largest absolute Gasteiger partial charge is 0.444 e. The molecular weight excluding hydrogens is 422 g/mol. The minimum atomic E-state index is -0.800. The highest BCUT2D eigenvalue weighted by molar-refractivity contribution is 6.13. The number of benzene rings is 2. The second-order valence-corrected chi connectivity index (χ2v) is 8.90. The first-order valence-corrected chi connectivity index (χ1v) is 10.5. The topological polar surface area (TPSA) is 152 Å². The van der Waals surface area contributed by atoms with Crippen molar-refractivity contribution in [2.75, 3.05) is 11.9 Å². The van der Waals surface area contributed by atoms with Gasteiger partial charge in [-0.25, -0.2) is 9.59 Å². The zero-order valence-corrected chi connectivity index (χ0v) is 19.1. The summed E-state index contributed by atoms with van der Waals surface area (Å²) in [4.78, 5) is 38.1. The van der Waals surface area contributed by atoms with E-state index < -0.39 is 23.6 Å². The summed E-state index contributed by atoms with van der Waals surface area (Å²) in [5.74, 6) is -0.455. The lowest BCUT2D eigenvalue weighted by Crippen LogP contribution is -2.34. The van der Waals surface area contributed by atoms with Crippen molar-refractivity contribution >= 4 is 34.8 Å². The molecule has 1 aromatic heterocycles. The van der Waals surface area contributed by atoms with E-state index in [2.05, 4.69) is 15.6 Å². The van der Waals surface area contributed by atoms with Crippen molar-refractivity contribution in [3.05, 3.63) is 53.6 Å². The van der Waals surface area contributed by atoms with Crippen molar-refractivity contribution in [2.45, 2.75) is 39.2 Å². The molecule has 3 rings (SSSR count). The molecule has 1 atom stereocenters. The number of nitrogens with two attached hydrogens (primary N) is 2. The number of amides is 4. The van der Waals surface area contributed by atoms with E-state index in [1.807, 2.05) is 64.1 Å². The average Bonchev–Trinajstić information content (AvgIpc) is 3.07. The van der Waals surface area contributed by atoms with Gasteiger partial charge in [-0.15, -0.1) is 0 Å². The quantitative estimate of drug-likeness (QED) is 0.384. The molecule has 7 N–H and O–H groups in total. The zero-order chi connectivity index (χ0) is 24.3. The third-order valence-electron chi connectivity index (χ3n) is 5.03. The number of nitrogens with one attached hydrogen (secondary N) is 3. The molecule has 2 aromatic carbocycles.